The zero-order valence-electron chi connectivity index (χ0n) is 38.0. The molecule has 0 saturated heterocycles. The van der Waals surface area contributed by atoms with Crippen molar-refractivity contribution < 1.29 is 0 Å². The van der Waals surface area contributed by atoms with Gasteiger partial charge in [0, 0.05) is 61.0 Å². The van der Waals surface area contributed by atoms with Gasteiger partial charge in [0.2, 0.25) is 0 Å². The first kappa shape index (κ1) is 41.2. The van der Waals surface area contributed by atoms with Crippen molar-refractivity contribution >= 4 is 21.8 Å². The molecule has 0 spiro atoms. The third kappa shape index (κ3) is 7.92. The van der Waals surface area contributed by atoms with Crippen LogP contribution in [0.4, 0.5) is 0 Å². The third-order valence-corrected chi connectivity index (χ3v) is 12.6. The first-order valence-electron chi connectivity index (χ1n) is 23.1. The zero-order chi connectivity index (χ0) is 46.3. The van der Waals surface area contributed by atoms with Crippen molar-refractivity contribution in [3.8, 4) is 96.3 Å². The molecule has 326 valence electrons. The second-order valence-electron chi connectivity index (χ2n) is 17.3. The normalized spacial score (nSPS) is 11.3. The fourth-order valence-electron chi connectivity index (χ4n) is 9.31. The van der Waals surface area contributed by atoms with Crippen LogP contribution in [0.1, 0.15) is 11.1 Å². The van der Waals surface area contributed by atoms with Crippen LogP contribution in [-0.4, -0.2) is 34.5 Å². The summed E-state index contributed by atoms with van der Waals surface area (Å²) in [4.78, 5) is 29.9. The van der Waals surface area contributed by atoms with Gasteiger partial charge in [0.15, 0.2) is 34.9 Å². The van der Waals surface area contributed by atoms with E-state index in [0.717, 1.165) is 72.4 Å². The molecule has 9 aromatic carbocycles. The van der Waals surface area contributed by atoms with E-state index in [1.807, 2.05) is 121 Å². The van der Waals surface area contributed by atoms with Gasteiger partial charge in [-0.25, -0.2) is 29.9 Å². The lowest BCUT2D eigenvalue weighted by atomic mass is 9.96. The average molecular weight is 886 g/mol. The van der Waals surface area contributed by atoms with Gasteiger partial charge in [-0.1, -0.05) is 188 Å². The van der Waals surface area contributed by atoms with Crippen LogP contribution in [0.3, 0.4) is 0 Å². The summed E-state index contributed by atoms with van der Waals surface area (Å²) < 4.78 is 2.45. The molecule has 69 heavy (non-hydrogen) atoms. The molecule has 12 rings (SSSR count). The predicted octanol–water partition coefficient (Wildman–Crippen LogP) is 15.1. The molecule has 12 aromatic rings. The molecule has 7 nitrogen and oxygen atoms in total. The molecule has 3 aromatic heterocycles. The fraction of sp³-hybridized carbons (Fsp3) is 0.0323. The molecule has 0 radical (unpaired) electrons. The lowest BCUT2D eigenvalue weighted by Crippen LogP contribution is -2.00. The maximum atomic E-state index is 5.01. The van der Waals surface area contributed by atoms with E-state index in [1.165, 1.54) is 21.9 Å². The highest BCUT2D eigenvalue weighted by molar-refractivity contribution is 6.17. The van der Waals surface area contributed by atoms with Crippen LogP contribution < -0.4 is 0 Å². The summed E-state index contributed by atoms with van der Waals surface area (Å²) in [6.45, 7) is 4.38. The number of para-hydroxylation sites is 1. The molecule has 0 amide bonds. The Bertz CT molecular complexity index is 3450. The minimum atomic E-state index is 0.622. The van der Waals surface area contributed by atoms with Crippen LogP contribution in [0, 0.1) is 13.8 Å². The Labute approximate surface area is 400 Å². The minimum Gasteiger partial charge on any atom is -0.308 e. The van der Waals surface area contributed by atoms with Gasteiger partial charge in [-0.2, -0.15) is 0 Å². The van der Waals surface area contributed by atoms with E-state index in [1.54, 1.807) is 0 Å². The van der Waals surface area contributed by atoms with Crippen molar-refractivity contribution in [1.82, 2.24) is 34.5 Å². The average Bonchev–Trinajstić information content (AvgIpc) is 3.75. The molecular formula is C62H43N7. The molecule has 0 N–H and O–H groups in total. The minimum absolute atomic E-state index is 0.622. The van der Waals surface area contributed by atoms with Gasteiger partial charge in [-0.3, -0.25) is 0 Å². The summed E-state index contributed by atoms with van der Waals surface area (Å²) in [5, 5.41) is 2.39. The SMILES string of the molecule is Cc1cc(-c2ccc(-c3nc(-c4ccccc4)nc(-c4ccccc4)n3)cc2)c2c(c1)c1cc(C)cc(-c3ccc(-c4nc(-c5ccccc5)nc(-c5ccccc5)n4)cc3)c1n2-c1ccccc1. The summed E-state index contributed by atoms with van der Waals surface area (Å²) in [7, 11) is 0. The predicted molar refractivity (Wildman–Crippen MR) is 281 cm³/mol. The third-order valence-electron chi connectivity index (χ3n) is 12.6. The van der Waals surface area contributed by atoms with E-state index >= 15 is 0 Å². The fourth-order valence-corrected chi connectivity index (χ4v) is 9.31. The number of hydrogen-bond acceptors (Lipinski definition) is 6. The summed E-state index contributed by atoms with van der Waals surface area (Å²) in [6.07, 6.45) is 0. The van der Waals surface area contributed by atoms with Crippen LogP contribution in [0.15, 0.2) is 224 Å². The van der Waals surface area contributed by atoms with Crippen molar-refractivity contribution in [2.45, 2.75) is 13.8 Å². The van der Waals surface area contributed by atoms with Gasteiger partial charge in [0.1, 0.15) is 0 Å². The highest BCUT2D eigenvalue weighted by Crippen LogP contribution is 2.44. The van der Waals surface area contributed by atoms with E-state index in [2.05, 4.69) is 122 Å². The van der Waals surface area contributed by atoms with Crippen LogP contribution in [0.2, 0.25) is 0 Å². The van der Waals surface area contributed by atoms with Gasteiger partial charge in [0.05, 0.1) is 11.0 Å². The molecule has 7 heteroatoms. The van der Waals surface area contributed by atoms with Crippen molar-refractivity contribution in [3.63, 3.8) is 0 Å². The van der Waals surface area contributed by atoms with Crippen LogP contribution >= 0.6 is 0 Å². The molecule has 0 atom stereocenters. The Hall–Kier alpha value is -9.20. The number of aromatic nitrogens is 7. The summed E-state index contributed by atoms with van der Waals surface area (Å²) in [6, 6.07) is 77.7. The van der Waals surface area contributed by atoms with Gasteiger partial charge in [0.25, 0.3) is 0 Å². The molecule has 0 bridgehead atoms. The second kappa shape index (κ2) is 17.5. The number of fused-ring (bicyclic) bond motifs is 3. The zero-order valence-corrected chi connectivity index (χ0v) is 38.0. The molecule has 0 unspecified atom stereocenters. The topological polar surface area (TPSA) is 82.3 Å². The van der Waals surface area contributed by atoms with E-state index in [4.69, 9.17) is 29.9 Å². The number of rotatable bonds is 9. The second-order valence-corrected chi connectivity index (χ2v) is 17.3. The maximum Gasteiger partial charge on any atom is 0.164 e. The van der Waals surface area contributed by atoms with Gasteiger partial charge in [-0.15, -0.1) is 0 Å². The highest BCUT2D eigenvalue weighted by Gasteiger charge is 2.22. The van der Waals surface area contributed by atoms with Crippen molar-refractivity contribution in [2.24, 2.45) is 0 Å². The number of benzene rings is 9. The molecule has 3 heterocycles. The molecule has 0 saturated carbocycles. The number of aryl methyl sites for hydroxylation is 2. The first-order chi connectivity index (χ1) is 34.0. The van der Waals surface area contributed by atoms with E-state index < -0.39 is 0 Å². The molecule has 0 fully saturated rings. The largest absolute Gasteiger partial charge is 0.308 e. The van der Waals surface area contributed by atoms with E-state index in [0.29, 0.717) is 34.9 Å². The van der Waals surface area contributed by atoms with Gasteiger partial charge >= 0.3 is 0 Å². The summed E-state index contributed by atoms with van der Waals surface area (Å²) in [5.74, 6) is 3.79. The molecule has 0 aliphatic carbocycles. The molecule has 0 aliphatic heterocycles. The summed E-state index contributed by atoms with van der Waals surface area (Å²) >= 11 is 0. The van der Waals surface area contributed by atoms with Crippen LogP contribution in [0.5, 0.6) is 0 Å². The number of nitrogens with zero attached hydrogens (tertiary/aromatic N) is 7. The Morgan fingerprint density at radius 3 is 0.797 bits per heavy atom. The van der Waals surface area contributed by atoms with Crippen LogP contribution in [-0.2, 0) is 0 Å². The first-order valence-corrected chi connectivity index (χ1v) is 23.1. The van der Waals surface area contributed by atoms with Crippen molar-refractivity contribution in [1.29, 1.82) is 0 Å². The maximum absolute atomic E-state index is 5.01. The number of hydrogen-bond donors (Lipinski definition) is 0. The lowest BCUT2D eigenvalue weighted by molar-refractivity contribution is 1.07. The van der Waals surface area contributed by atoms with Crippen LogP contribution in [0.25, 0.3) is 118 Å². The Morgan fingerprint density at radius 1 is 0.261 bits per heavy atom. The quantitative estimate of drug-likeness (QED) is 0.144. The molecular weight excluding hydrogens is 843 g/mol. The van der Waals surface area contributed by atoms with E-state index in [-0.39, 0.29) is 0 Å². The van der Waals surface area contributed by atoms with E-state index in [9.17, 15) is 0 Å². The standard InChI is InChI=1S/C62H43N7/c1-40-36-51(42-28-32-48(33-29-42)61-65-57(44-18-8-3-9-19-44)63-58(66-61)45-20-10-4-11-21-45)55-53(38-40)54-39-41(2)37-52(56(54)69(55)50-26-16-7-17-27-50)43-30-34-49(35-31-43)62-67-59(46-22-12-5-13-23-46)64-60(68-62)47-24-14-6-15-25-47/h3-39H,1-2H3. The van der Waals surface area contributed by atoms with Crippen molar-refractivity contribution in [3.05, 3.63) is 236 Å². The lowest BCUT2D eigenvalue weighted by Gasteiger charge is -2.15. The monoisotopic (exact) mass is 885 g/mol. The summed E-state index contributed by atoms with van der Waals surface area (Å²) in [5.41, 5.74) is 15.8. The highest BCUT2D eigenvalue weighted by atomic mass is 15.0. The van der Waals surface area contributed by atoms with Gasteiger partial charge in [-0.05, 0) is 72.5 Å². The Morgan fingerprint density at radius 2 is 0.507 bits per heavy atom. The Kier molecular flexibility index (Phi) is 10.5. The molecule has 0 aliphatic rings. The Balaban J connectivity index is 0.996. The van der Waals surface area contributed by atoms with Gasteiger partial charge < -0.3 is 4.57 Å². The smallest absolute Gasteiger partial charge is 0.164 e. The van der Waals surface area contributed by atoms with Crippen molar-refractivity contribution in [2.75, 3.05) is 0 Å².